The highest BCUT2D eigenvalue weighted by Gasteiger charge is 2.22. The second-order valence-corrected chi connectivity index (χ2v) is 5.69. The van der Waals surface area contributed by atoms with Crippen LogP contribution in [0.4, 0.5) is 5.69 Å². The van der Waals surface area contributed by atoms with Crippen molar-refractivity contribution in [1.29, 1.82) is 0 Å². The van der Waals surface area contributed by atoms with Gasteiger partial charge < -0.3 is 15.8 Å². The zero-order valence-electron chi connectivity index (χ0n) is 12.8. The number of ether oxygens (including phenoxy) is 1. The number of methoxy groups -OCH3 is 1. The second-order valence-electron chi connectivity index (χ2n) is 5.69. The van der Waals surface area contributed by atoms with E-state index in [1.165, 1.54) is 0 Å². The number of aryl methyl sites for hydroxylation is 2. The first-order valence-electron chi connectivity index (χ1n) is 7.41. The number of rotatable bonds is 3. The highest BCUT2D eigenvalue weighted by atomic mass is 16.5. The first-order chi connectivity index (χ1) is 10.6. The Kier molecular flexibility index (Phi) is 3.86. The van der Waals surface area contributed by atoms with Gasteiger partial charge in [0.1, 0.15) is 5.75 Å². The van der Waals surface area contributed by atoms with E-state index < -0.39 is 0 Å². The molecule has 0 aromatic heterocycles. The Morgan fingerprint density at radius 3 is 2.82 bits per heavy atom. The molecule has 3 N–H and O–H groups in total. The van der Waals surface area contributed by atoms with Crippen LogP contribution < -0.4 is 15.8 Å². The number of carbonyl (C=O) groups excluding carboxylic acids is 1. The van der Waals surface area contributed by atoms with Gasteiger partial charge in [0.05, 0.1) is 13.2 Å². The van der Waals surface area contributed by atoms with Crippen LogP contribution in [0, 0.1) is 6.92 Å². The van der Waals surface area contributed by atoms with Crippen molar-refractivity contribution >= 4 is 11.6 Å². The molecule has 2 aromatic rings. The van der Waals surface area contributed by atoms with Crippen molar-refractivity contribution in [1.82, 2.24) is 0 Å². The van der Waals surface area contributed by atoms with Gasteiger partial charge in [-0.05, 0) is 42.2 Å². The van der Waals surface area contributed by atoms with Crippen molar-refractivity contribution in [3.8, 4) is 5.75 Å². The summed E-state index contributed by atoms with van der Waals surface area (Å²) in [5.74, 6) is 0.828. The molecule has 0 spiro atoms. The van der Waals surface area contributed by atoms with E-state index in [4.69, 9.17) is 10.5 Å². The smallest absolute Gasteiger partial charge is 0.224 e. The summed E-state index contributed by atoms with van der Waals surface area (Å²) in [5.41, 5.74) is 11.6. The molecule has 4 nitrogen and oxygen atoms in total. The quantitative estimate of drug-likeness (QED) is 0.915. The average Bonchev–Trinajstić information content (AvgIpc) is 2.54. The molecule has 0 saturated carbocycles. The summed E-state index contributed by atoms with van der Waals surface area (Å²) in [5, 5.41) is 2.98. The number of carbonyl (C=O) groups is 1. The summed E-state index contributed by atoms with van der Waals surface area (Å²) >= 11 is 0. The molecule has 22 heavy (non-hydrogen) atoms. The van der Waals surface area contributed by atoms with Crippen LogP contribution >= 0.6 is 0 Å². The lowest BCUT2D eigenvalue weighted by molar-refractivity contribution is -0.116. The van der Waals surface area contributed by atoms with Crippen LogP contribution in [0.2, 0.25) is 0 Å². The summed E-state index contributed by atoms with van der Waals surface area (Å²) in [4.78, 5) is 11.8. The maximum absolute atomic E-state index is 11.8. The summed E-state index contributed by atoms with van der Waals surface area (Å²) in [7, 11) is 1.64. The molecule has 0 bridgehead atoms. The van der Waals surface area contributed by atoms with Gasteiger partial charge in [0, 0.05) is 12.1 Å². The van der Waals surface area contributed by atoms with Crippen LogP contribution in [0.5, 0.6) is 5.75 Å². The minimum absolute atomic E-state index is 0.0513. The van der Waals surface area contributed by atoms with Gasteiger partial charge in [-0.15, -0.1) is 0 Å². The van der Waals surface area contributed by atoms with Crippen molar-refractivity contribution in [2.75, 3.05) is 12.4 Å². The van der Waals surface area contributed by atoms with E-state index in [0.717, 1.165) is 40.1 Å². The van der Waals surface area contributed by atoms with E-state index in [0.29, 0.717) is 6.42 Å². The van der Waals surface area contributed by atoms with Crippen molar-refractivity contribution in [2.24, 2.45) is 5.73 Å². The molecule has 1 aliphatic heterocycles. The fourth-order valence-electron chi connectivity index (χ4n) is 2.95. The van der Waals surface area contributed by atoms with Gasteiger partial charge in [0.25, 0.3) is 0 Å². The number of nitrogens with one attached hydrogen (secondary N) is 1. The van der Waals surface area contributed by atoms with Crippen molar-refractivity contribution in [3.05, 3.63) is 58.7 Å². The average molecular weight is 296 g/mol. The van der Waals surface area contributed by atoms with E-state index >= 15 is 0 Å². The van der Waals surface area contributed by atoms with E-state index in [1.54, 1.807) is 7.11 Å². The molecule has 1 aliphatic rings. The van der Waals surface area contributed by atoms with E-state index in [1.807, 2.05) is 24.3 Å². The van der Waals surface area contributed by atoms with Crippen LogP contribution in [0.15, 0.2) is 36.4 Å². The van der Waals surface area contributed by atoms with Crippen LogP contribution in [-0.2, 0) is 11.2 Å². The lowest BCUT2D eigenvalue weighted by Gasteiger charge is -2.24. The number of nitrogens with two attached hydrogens (primary N) is 1. The lowest BCUT2D eigenvalue weighted by atomic mass is 9.90. The molecule has 2 aromatic carbocycles. The van der Waals surface area contributed by atoms with Gasteiger partial charge in [-0.2, -0.15) is 0 Å². The Labute approximate surface area is 130 Å². The second kappa shape index (κ2) is 5.81. The molecule has 0 fully saturated rings. The fourth-order valence-corrected chi connectivity index (χ4v) is 2.95. The highest BCUT2D eigenvalue weighted by Crippen LogP contribution is 2.34. The van der Waals surface area contributed by atoms with Crippen molar-refractivity contribution in [2.45, 2.75) is 25.8 Å². The SMILES string of the molecule is COc1cccc(C(N)c2cc(C)cc3c2NC(=O)CC3)c1. The monoisotopic (exact) mass is 296 g/mol. The third-order valence-corrected chi connectivity index (χ3v) is 4.07. The molecular weight excluding hydrogens is 276 g/mol. The number of fused-ring (bicyclic) bond motifs is 1. The minimum atomic E-state index is -0.304. The molecule has 1 amide bonds. The molecule has 1 heterocycles. The Morgan fingerprint density at radius 1 is 1.23 bits per heavy atom. The van der Waals surface area contributed by atoms with Gasteiger partial charge in [-0.1, -0.05) is 29.8 Å². The van der Waals surface area contributed by atoms with E-state index in [-0.39, 0.29) is 11.9 Å². The predicted octanol–water partition coefficient (Wildman–Crippen LogP) is 2.94. The normalized spacial score (nSPS) is 15.0. The van der Waals surface area contributed by atoms with E-state index in [2.05, 4.69) is 24.4 Å². The number of benzene rings is 2. The first kappa shape index (κ1) is 14.6. The van der Waals surface area contributed by atoms with Gasteiger partial charge in [-0.25, -0.2) is 0 Å². The summed E-state index contributed by atoms with van der Waals surface area (Å²) in [6.07, 6.45) is 1.30. The summed E-state index contributed by atoms with van der Waals surface area (Å²) < 4.78 is 5.27. The van der Waals surface area contributed by atoms with Crippen molar-refractivity contribution in [3.63, 3.8) is 0 Å². The zero-order valence-corrected chi connectivity index (χ0v) is 12.8. The molecule has 1 atom stereocenters. The highest BCUT2D eigenvalue weighted by molar-refractivity contribution is 5.95. The van der Waals surface area contributed by atoms with Crippen LogP contribution in [0.25, 0.3) is 0 Å². The standard InChI is InChI=1S/C18H20N2O2/c1-11-8-13-6-7-16(21)20-18(13)15(9-11)17(19)12-4-3-5-14(10-12)22-2/h3-5,8-10,17H,6-7,19H2,1-2H3,(H,20,21). The number of amides is 1. The zero-order chi connectivity index (χ0) is 15.7. The number of anilines is 1. The molecule has 3 rings (SSSR count). The Bertz CT molecular complexity index is 725. The van der Waals surface area contributed by atoms with Crippen LogP contribution in [-0.4, -0.2) is 13.0 Å². The molecule has 0 radical (unpaired) electrons. The maximum Gasteiger partial charge on any atom is 0.224 e. The summed E-state index contributed by atoms with van der Waals surface area (Å²) in [6, 6.07) is 11.6. The third-order valence-electron chi connectivity index (χ3n) is 4.07. The Morgan fingerprint density at radius 2 is 2.05 bits per heavy atom. The Hall–Kier alpha value is -2.33. The summed E-state index contributed by atoms with van der Waals surface area (Å²) in [6.45, 7) is 2.05. The molecule has 1 unspecified atom stereocenters. The van der Waals surface area contributed by atoms with Crippen LogP contribution in [0.1, 0.15) is 34.7 Å². The molecule has 0 saturated heterocycles. The van der Waals surface area contributed by atoms with E-state index in [9.17, 15) is 4.79 Å². The van der Waals surface area contributed by atoms with Gasteiger partial charge in [-0.3, -0.25) is 4.79 Å². The van der Waals surface area contributed by atoms with Gasteiger partial charge in [0.2, 0.25) is 5.91 Å². The molecule has 114 valence electrons. The first-order valence-corrected chi connectivity index (χ1v) is 7.41. The fraction of sp³-hybridized carbons (Fsp3) is 0.278. The lowest BCUT2D eigenvalue weighted by Crippen LogP contribution is -2.23. The topological polar surface area (TPSA) is 64.3 Å². The predicted molar refractivity (Wildman–Crippen MR) is 87.2 cm³/mol. The molecule has 0 aliphatic carbocycles. The molecular formula is C18H20N2O2. The van der Waals surface area contributed by atoms with Gasteiger partial charge in [0.15, 0.2) is 0 Å². The maximum atomic E-state index is 11.8. The number of hydrogen-bond donors (Lipinski definition) is 2. The van der Waals surface area contributed by atoms with Gasteiger partial charge >= 0.3 is 0 Å². The minimum Gasteiger partial charge on any atom is -0.497 e. The third kappa shape index (κ3) is 2.70. The Balaban J connectivity index is 2.06. The number of hydrogen-bond acceptors (Lipinski definition) is 3. The largest absolute Gasteiger partial charge is 0.497 e. The van der Waals surface area contributed by atoms with Crippen molar-refractivity contribution < 1.29 is 9.53 Å². The molecule has 4 heteroatoms. The van der Waals surface area contributed by atoms with Crippen LogP contribution in [0.3, 0.4) is 0 Å².